The van der Waals surface area contributed by atoms with Crippen LogP contribution in [-0.2, 0) is 16.0 Å². The van der Waals surface area contributed by atoms with Gasteiger partial charge in [-0.1, -0.05) is 0 Å². The lowest BCUT2D eigenvalue weighted by Gasteiger charge is -2.03. The third-order valence-corrected chi connectivity index (χ3v) is 1.80. The molecule has 5 nitrogen and oxygen atoms in total. The van der Waals surface area contributed by atoms with Gasteiger partial charge in [0.25, 0.3) is 0 Å². The van der Waals surface area contributed by atoms with Gasteiger partial charge in [0.1, 0.15) is 0 Å². The highest BCUT2D eigenvalue weighted by Crippen LogP contribution is 2.12. The fourth-order valence-electron chi connectivity index (χ4n) is 1.17. The maximum absolute atomic E-state index is 11.0. The predicted molar refractivity (Wildman–Crippen MR) is 51.9 cm³/mol. The van der Waals surface area contributed by atoms with Crippen LogP contribution in [0.1, 0.15) is 11.3 Å². The molecule has 0 aliphatic heterocycles. The minimum absolute atomic E-state index is 0.144. The number of aliphatic carboxylic acids is 1. The molecule has 0 aromatic carbocycles. The quantitative estimate of drug-likeness (QED) is 0.734. The van der Waals surface area contributed by atoms with Gasteiger partial charge in [0.2, 0.25) is 11.7 Å². The first-order valence-corrected chi connectivity index (χ1v) is 4.30. The minimum Gasteiger partial charge on any atom is -0.481 e. The molecule has 0 atom stereocenters. The van der Waals surface area contributed by atoms with Crippen LogP contribution in [0.15, 0.2) is 12.1 Å². The highest BCUT2D eigenvalue weighted by atomic mass is 16.5. The Kier molecular flexibility index (Phi) is 3.38. The van der Waals surface area contributed by atoms with E-state index in [2.05, 4.69) is 4.98 Å². The summed E-state index contributed by atoms with van der Waals surface area (Å²) in [6, 6.07) is 3.21. The summed E-state index contributed by atoms with van der Waals surface area (Å²) >= 11 is 0. The van der Waals surface area contributed by atoms with Gasteiger partial charge in [0.15, 0.2) is 0 Å². The van der Waals surface area contributed by atoms with Gasteiger partial charge in [-0.05, 0) is 18.6 Å². The zero-order valence-corrected chi connectivity index (χ0v) is 8.48. The second kappa shape index (κ2) is 4.54. The number of aromatic nitrogens is 1. The van der Waals surface area contributed by atoms with Crippen LogP contribution >= 0.6 is 0 Å². The van der Waals surface area contributed by atoms with E-state index in [1.807, 2.05) is 0 Å². The van der Waals surface area contributed by atoms with Gasteiger partial charge in [-0.15, -0.1) is 0 Å². The maximum atomic E-state index is 11.0. The zero-order chi connectivity index (χ0) is 11.4. The molecular formula is C10H11NO4. The van der Waals surface area contributed by atoms with E-state index in [4.69, 9.17) is 9.84 Å². The molecule has 0 fully saturated rings. The largest absolute Gasteiger partial charge is 0.481 e. The van der Waals surface area contributed by atoms with Crippen LogP contribution in [0.3, 0.4) is 0 Å². The van der Waals surface area contributed by atoms with E-state index < -0.39 is 11.8 Å². The van der Waals surface area contributed by atoms with Crippen LogP contribution < -0.4 is 4.74 Å². The number of methoxy groups -OCH3 is 1. The molecule has 1 rings (SSSR count). The lowest BCUT2D eigenvalue weighted by molar-refractivity contribution is -0.148. The maximum Gasteiger partial charge on any atom is 0.372 e. The van der Waals surface area contributed by atoms with Crippen molar-refractivity contribution in [1.29, 1.82) is 0 Å². The lowest BCUT2D eigenvalue weighted by Crippen LogP contribution is -2.15. The lowest BCUT2D eigenvalue weighted by atomic mass is 10.1. The molecule has 0 radical (unpaired) electrons. The molecule has 0 aliphatic carbocycles. The van der Waals surface area contributed by atoms with Gasteiger partial charge in [0, 0.05) is 18.2 Å². The second-order valence-corrected chi connectivity index (χ2v) is 3.06. The number of carbonyl (C=O) groups excluding carboxylic acids is 1. The van der Waals surface area contributed by atoms with Crippen LogP contribution in [-0.4, -0.2) is 29.0 Å². The van der Waals surface area contributed by atoms with Crippen LogP contribution in [0.5, 0.6) is 5.88 Å². The third kappa shape index (κ3) is 3.05. The average Bonchev–Trinajstić information content (AvgIpc) is 2.16. The Hall–Kier alpha value is -1.91. The van der Waals surface area contributed by atoms with Crippen molar-refractivity contribution in [3.05, 3.63) is 23.4 Å². The summed E-state index contributed by atoms with van der Waals surface area (Å²) in [6.45, 7) is 1.75. The Bertz CT molecular complexity index is 400. The normalized spacial score (nSPS) is 9.73. The number of pyridine rings is 1. The van der Waals surface area contributed by atoms with Gasteiger partial charge >= 0.3 is 5.97 Å². The number of nitrogens with zero attached hydrogens (tertiary/aromatic N) is 1. The first-order chi connectivity index (χ1) is 7.02. The number of hydrogen-bond donors (Lipinski definition) is 1. The van der Waals surface area contributed by atoms with Crippen molar-refractivity contribution in [3.63, 3.8) is 0 Å². The van der Waals surface area contributed by atoms with E-state index in [-0.39, 0.29) is 6.42 Å². The summed E-state index contributed by atoms with van der Waals surface area (Å²) in [5, 5.41) is 8.44. The number of Topliss-reactive ketones (excluding diaryl/α,β-unsaturated/α-hetero) is 1. The summed E-state index contributed by atoms with van der Waals surface area (Å²) in [4.78, 5) is 25.3. The molecule has 0 spiro atoms. The number of ether oxygens (including phenoxy) is 1. The molecule has 0 saturated carbocycles. The van der Waals surface area contributed by atoms with E-state index in [9.17, 15) is 9.59 Å². The van der Waals surface area contributed by atoms with E-state index >= 15 is 0 Å². The summed E-state index contributed by atoms with van der Waals surface area (Å²) < 4.78 is 4.91. The third-order valence-electron chi connectivity index (χ3n) is 1.80. The second-order valence-electron chi connectivity index (χ2n) is 3.06. The standard InChI is InChI=1S/C10H11NO4/c1-6-3-7(4-8(12)10(13)14)5-9(11-6)15-2/h3,5H,4H2,1-2H3,(H,13,14). The zero-order valence-electron chi connectivity index (χ0n) is 8.48. The fourth-order valence-corrected chi connectivity index (χ4v) is 1.17. The highest BCUT2D eigenvalue weighted by molar-refractivity contribution is 6.33. The topological polar surface area (TPSA) is 76.5 Å². The van der Waals surface area contributed by atoms with Gasteiger partial charge in [-0.25, -0.2) is 9.78 Å². The Balaban J connectivity index is 2.90. The van der Waals surface area contributed by atoms with Crippen molar-refractivity contribution < 1.29 is 19.4 Å². The van der Waals surface area contributed by atoms with E-state index in [1.165, 1.54) is 7.11 Å². The van der Waals surface area contributed by atoms with Crippen LogP contribution in [0.25, 0.3) is 0 Å². The number of carbonyl (C=O) groups is 2. The Morgan fingerprint density at radius 2 is 2.13 bits per heavy atom. The van der Waals surface area contributed by atoms with E-state index in [1.54, 1.807) is 19.1 Å². The van der Waals surface area contributed by atoms with Gasteiger partial charge < -0.3 is 9.84 Å². The number of carboxylic acid groups (broad SMARTS) is 1. The molecule has 80 valence electrons. The minimum atomic E-state index is -1.43. The highest BCUT2D eigenvalue weighted by Gasteiger charge is 2.13. The summed E-state index contributed by atoms with van der Waals surface area (Å²) in [7, 11) is 1.46. The molecule has 0 unspecified atom stereocenters. The van der Waals surface area contributed by atoms with Crippen LogP contribution in [0.2, 0.25) is 0 Å². The SMILES string of the molecule is COc1cc(CC(=O)C(=O)O)cc(C)n1. The number of carboxylic acids is 1. The van der Waals surface area contributed by atoms with Gasteiger partial charge in [-0.2, -0.15) is 0 Å². The predicted octanol–water partition coefficient (Wildman–Crippen LogP) is 0.595. The monoisotopic (exact) mass is 209 g/mol. The van der Waals surface area contributed by atoms with Crippen molar-refractivity contribution in [1.82, 2.24) is 4.98 Å². The first kappa shape index (κ1) is 11.2. The molecule has 1 aromatic rings. The summed E-state index contributed by atoms with van der Waals surface area (Å²) in [5.74, 6) is -1.89. The average molecular weight is 209 g/mol. The smallest absolute Gasteiger partial charge is 0.372 e. The first-order valence-electron chi connectivity index (χ1n) is 4.30. The number of rotatable bonds is 4. The van der Waals surface area contributed by atoms with Crippen LogP contribution in [0, 0.1) is 6.92 Å². The Labute approximate surface area is 86.7 Å². The molecule has 0 saturated heterocycles. The van der Waals surface area contributed by atoms with Crippen molar-refractivity contribution in [2.45, 2.75) is 13.3 Å². The van der Waals surface area contributed by atoms with Crippen molar-refractivity contribution >= 4 is 11.8 Å². The Morgan fingerprint density at radius 3 is 2.67 bits per heavy atom. The molecule has 0 aliphatic rings. The number of ketones is 1. The summed E-state index contributed by atoms with van der Waals surface area (Å²) in [6.07, 6.45) is -0.144. The molecule has 0 amide bonds. The van der Waals surface area contributed by atoms with Crippen molar-refractivity contribution in [3.8, 4) is 5.88 Å². The molecule has 0 bridgehead atoms. The molecule has 1 heterocycles. The van der Waals surface area contributed by atoms with Gasteiger partial charge in [-0.3, -0.25) is 4.79 Å². The van der Waals surface area contributed by atoms with Crippen molar-refractivity contribution in [2.24, 2.45) is 0 Å². The molecular weight excluding hydrogens is 198 g/mol. The molecule has 1 aromatic heterocycles. The fraction of sp³-hybridized carbons (Fsp3) is 0.300. The number of hydrogen-bond acceptors (Lipinski definition) is 4. The van der Waals surface area contributed by atoms with Crippen LogP contribution in [0.4, 0.5) is 0 Å². The Morgan fingerprint density at radius 1 is 1.47 bits per heavy atom. The molecule has 15 heavy (non-hydrogen) atoms. The van der Waals surface area contributed by atoms with E-state index in [0.717, 1.165) is 0 Å². The summed E-state index contributed by atoms with van der Waals surface area (Å²) in [5.41, 5.74) is 1.27. The van der Waals surface area contributed by atoms with Gasteiger partial charge in [0.05, 0.1) is 7.11 Å². The van der Waals surface area contributed by atoms with E-state index in [0.29, 0.717) is 17.1 Å². The molecule has 1 N–H and O–H groups in total. The van der Waals surface area contributed by atoms with Crippen molar-refractivity contribution in [2.75, 3.05) is 7.11 Å². The number of aryl methyl sites for hydroxylation is 1. The molecule has 5 heteroatoms.